The molecule has 0 saturated carbocycles. The van der Waals surface area contributed by atoms with Gasteiger partial charge in [0.15, 0.2) is 5.13 Å². The van der Waals surface area contributed by atoms with Crippen LogP contribution in [0.5, 0.6) is 0 Å². The maximum absolute atomic E-state index is 13.2. The first kappa shape index (κ1) is 13.5. The van der Waals surface area contributed by atoms with Crippen LogP contribution in [0.3, 0.4) is 0 Å². The van der Waals surface area contributed by atoms with E-state index in [1.807, 2.05) is 6.92 Å². The zero-order valence-corrected chi connectivity index (χ0v) is 10.6. The van der Waals surface area contributed by atoms with E-state index in [9.17, 15) is 9.18 Å². The summed E-state index contributed by atoms with van der Waals surface area (Å²) in [5, 5.41) is 8.58. The molecule has 0 saturated heterocycles. The number of rotatable bonds is 6. The van der Waals surface area contributed by atoms with Crippen LogP contribution in [0, 0.1) is 11.0 Å². The van der Waals surface area contributed by atoms with E-state index in [-0.39, 0.29) is 11.0 Å². The minimum atomic E-state index is -0.772. The number of carbonyl (C=O) groups is 1. The Bertz CT molecular complexity index is 365. The van der Waals surface area contributed by atoms with Gasteiger partial charge >= 0.3 is 5.97 Å². The predicted octanol–water partition coefficient (Wildman–Crippen LogP) is 3.97. The van der Waals surface area contributed by atoms with Gasteiger partial charge in [-0.25, -0.2) is 0 Å². The summed E-state index contributed by atoms with van der Waals surface area (Å²) >= 11 is 6.59. The SMILES string of the molecule is CCC(CCCc1cc(Cl)sc1F)C(=O)O. The Morgan fingerprint density at radius 1 is 1.69 bits per heavy atom. The van der Waals surface area contributed by atoms with E-state index >= 15 is 0 Å². The molecule has 1 heterocycles. The fraction of sp³-hybridized carbons (Fsp3) is 0.545. The summed E-state index contributed by atoms with van der Waals surface area (Å²) in [7, 11) is 0. The number of aryl methyl sites for hydroxylation is 1. The van der Waals surface area contributed by atoms with Crippen molar-refractivity contribution in [2.45, 2.75) is 32.6 Å². The number of carboxylic acid groups (broad SMARTS) is 1. The van der Waals surface area contributed by atoms with E-state index in [0.717, 1.165) is 11.3 Å². The van der Waals surface area contributed by atoms with E-state index in [2.05, 4.69) is 0 Å². The molecule has 0 amide bonds. The van der Waals surface area contributed by atoms with Gasteiger partial charge < -0.3 is 5.11 Å². The molecule has 0 aliphatic carbocycles. The van der Waals surface area contributed by atoms with Crippen LogP contribution in [0.1, 0.15) is 31.7 Å². The lowest BCUT2D eigenvalue weighted by molar-refractivity contribution is -0.142. The quantitative estimate of drug-likeness (QED) is 0.844. The number of hydrogen-bond donors (Lipinski definition) is 1. The molecule has 0 aliphatic heterocycles. The highest BCUT2D eigenvalue weighted by Crippen LogP contribution is 2.26. The molecule has 0 bridgehead atoms. The van der Waals surface area contributed by atoms with Crippen molar-refractivity contribution in [1.82, 2.24) is 0 Å². The third-order valence-electron chi connectivity index (χ3n) is 2.57. The lowest BCUT2D eigenvalue weighted by Gasteiger charge is -2.08. The Morgan fingerprint density at radius 2 is 2.38 bits per heavy atom. The summed E-state index contributed by atoms with van der Waals surface area (Å²) in [4.78, 5) is 10.8. The molecular weight excluding hydrogens is 251 g/mol. The van der Waals surface area contributed by atoms with Crippen molar-refractivity contribution in [2.24, 2.45) is 5.92 Å². The van der Waals surface area contributed by atoms with Crippen molar-refractivity contribution < 1.29 is 14.3 Å². The molecule has 2 nitrogen and oxygen atoms in total. The molecule has 0 radical (unpaired) electrons. The first-order valence-corrected chi connectivity index (χ1v) is 6.40. The summed E-state index contributed by atoms with van der Waals surface area (Å²) in [6.45, 7) is 1.85. The van der Waals surface area contributed by atoms with Gasteiger partial charge in [0.2, 0.25) is 0 Å². The van der Waals surface area contributed by atoms with E-state index in [1.54, 1.807) is 6.07 Å². The van der Waals surface area contributed by atoms with Crippen molar-refractivity contribution in [3.05, 3.63) is 21.1 Å². The molecule has 5 heteroatoms. The minimum absolute atomic E-state index is 0.256. The molecule has 1 rings (SSSR count). The molecule has 1 aromatic heterocycles. The van der Waals surface area contributed by atoms with Gasteiger partial charge in [0.1, 0.15) is 0 Å². The van der Waals surface area contributed by atoms with Crippen LogP contribution in [0.15, 0.2) is 6.07 Å². The highest BCUT2D eigenvalue weighted by atomic mass is 35.5. The van der Waals surface area contributed by atoms with Crippen molar-refractivity contribution >= 4 is 28.9 Å². The molecular formula is C11H14ClFO2S. The monoisotopic (exact) mass is 264 g/mol. The Morgan fingerprint density at radius 3 is 2.81 bits per heavy atom. The standard InChI is InChI=1S/C11H14ClFO2S/c1-2-7(11(14)15)4-3-5-8-6-9(12)16-10(8)13/h6-7H,2-5H2,1H3,(H,14,15). The maximum Gasteiger partial charge on any atom is 0.306 e. The largest absolute Gasteiger partial charge is 0.481 e. The number of thiophene rings is 1. The third kappa shape index (κ3) is 3.76. The van der Waals surface area contributed by atoms with Gasteiger partial charge in [-0.15, -0.1) is 0 Å². The normalized spacial score (nSPS) is 12.7. The molecule has 1 N–H and O–H groups in total. The van der Waals surface area contributed by atoms with Crippen molar-refractivity contribution in [3.63, 3.8) is 0 Å². The van der Waals surface area contributed by atoms with Gasteiger partial charge in [-0.05, 0) is 31.7 Å². The Hall–Kier alpha value is -0.610. The second kappa shape index (κ2) is 6.21. The van der Waals surface area contributed by atoms with Gasteiger partial charge in [-0.1, -0.05) is 29.9 Å². The number of carboxylic acids is 1. The average Bonchev–Trinajstić information content (AvgIpc) is 2.52. The van der Waals surface area contributed by atoms with Crippen LogP contribution in [0.4, 0.5) is 4.39 Å². The second-order valence-electron chi connectivity index (χ2n) is 3.69. The van der Waals surface area contributed by atoms with Crippen molar-refractivity contribution in [2.75, 3.05) is 0 Å². The smallest absolute Gasteiger partial charge is 0.306 e. The van der Waals surface area contributed by atoms with E-state index in [1.165, 1.54) is 0 Å². The lowest BCUT2D eigenvalue weighted by atomic mass is 9.98. The summed E-state index contributed by atoms with van der Waals surface area (Å²) in [6.07, 6.45) is 2.43. The number of halogens is 2. The van der Waals surface area contributed by atoms with Crippen LogP contribution in [0.2, 0.25) is 4.34 Å². The van der Waals surface area contributed by atoms with E-state index in [0.29, 0.717) is 35.6 Å². The van der Waals surface area contributed by atoms with Crippen molar-refractivity contribution in [3.8, 4) is 0 Å². The predicted molar refractivity (Wildman–Crippen MR) is 63.6 cm³/mol. The molecule has 0 aromatic carbocycles. The fourth-order valence-corrected chi connectivity index (χ4v) is 2.59. The van der Waals surface area contributed by atoms with Crippen LogP contribution >= 0.6 is 22.9 Å². The minimum Gasteiger partial charge on any atom is -0.481 e. The van der Waals surface area contributed by atoms with Crippen LogP contribution in [-0.4, -0.2) is 11.1 Å². The van der Waals surface area contributed by atoms with Gasteiger partial charge in [-0.3, -0.25) is 4.79 Å². The Balaban J connectivity index is 2.40. The fourth-order valence-electron chi connectivity index (χ4n) is 1.59. The number of hydrogen-bond acceptors (Lipinski definition) is 2. The molecule has 0 aliphatic rings. The molecule has 1 aromatic rings. The van der Waals surface area contributed by atoms with E-state index < -0.39 is 5.97 Å². The van der Waals surface area contributed by atoms with E-state index in [4.69, 9.17) is 16.7 Å². The first-order valence-electron chi connectivity index (χ1n) is 5.21. The third-order valence-corrected chi connectivity index (χ3v) is 3.66. The molecule has 0 fully saturated rings. The highest BCUT2D eigenvalue weighted by molar-refractivity contribution is 7.14. The first-order chi connectivity index (χ1) is 7.54. The van der Waals surface area contributed by atoms with Gasteiger partial charge in [0.05, 0.1) is 10.3 Å². The zero-order valence-electron chi connectivity index (χ0n) is 9.00. The highest BCUT2D eigenvalue weighted by Gasteiger charge is 2.15. The topological polar surface area (TPSA) is 37.3 Å². The molecule has 1 unspecified atom stereocenters. The van der Waals surface area contributed by atoms with Gasteiger partial charge in [0, 0.05) is 5.56 Å². The summed E-state index contributed by atoms with van der Waals surface area (Å²) in [5.74, 6) is -1.09. The van der Waals surface area contributed by atoms with Crippen LogP contribution < -0.4 is 0 Å². The maximum atomic E-state index is 13.2. The summed E-state index contributed by atoms with van der Waals surface area (Å²) in [5.41, 5.74) is 0.593. The second-order valence-corrected chi connectivity index (χ2v) is 5.32. The van der Waals surface area contributed by atoms with Gasteiger partial charge in [-0.2, -0.15) is 4.39 Å². The average molecular weight is 265 g/mol. The molecule has 16 heavy (non-hydrogen) atoms. The van der Waals surface area contributed by atoms with Crippen LogP contribution in [-0.2, 0) is 11.2 Å². The summed E-state index contributed by atoms with van der Waals surface area (Å²) < 4.78 is 13.6. The zero-order chi connectivity index (χ0) is 12.1. The molecule has 0 spiro atoms. The Kier molecular flexibility index (Phi) is 5.22. The number of aliphatic carboxylic acids is 1. The summed E-state index contributed by atoms with van der Waals surface area (Å²) in [6, 6.07) is 1.61. The van der Waals surface area contributed by atoms with Gasteiger partial charge in [0.25, 0.3) is 0 Å². The molecule has 1 atom stereocenters. The Labute approximate surface area is 103 Å². The molecule has 90 valence electrons. The van der Waals surface area contributed by atoms with Crippen LogP contribution in [0.25, 0.3) is 0 Å². The lowest BCUT2D eigenvalue weighted by Crippen LogP contribution is -2.12. The van der Waals surface area contributed by atoms with Crippen molar-refractivity contribution in [1.29, 1.82) is 0 Å².